The van der Waals surface area contributed by atoms with Gasteiger partial charge in [-0.15, -0.1) is 0 Å². The van der Waals surface area contributed by atoms with Gasteiger partial charge in [-0.2, -0.15) is 0 Å². The summed E-state index contributed by atoms with van der Waals surface area (Å²) in [6.07, 6.45) is 4.05. The molecule has 2 nitrogen and oxygen atoms in total. The van der Waals surface area contributed by atoms with E-state index < -0.39 is 5.60 Å². The standard InChI is InChI=1S/C11H22O2/c1-5-6-9-7-11(9,12)8-10(2,3)13-4/h9,12H,5-8H2,1-4H3. The Labute approximate surface area is 81.3 Å². The van der Waals surface area contributed by atoms with Gasteiger partial charge in [0.2, 0.25) is 0 Å². The molecule has 1 saturated carbocycles. The van der Waals surface area contributed by atoms with E-state index in [1.165, 1.54) is 6.42 Å². The van der Waals surface area contributed by atoms with Crippen LogP contribution in [0.15, 0.2) is 0 Å². The second-order valence-electron chi connectivity index (χ2n) is 4.93. The van der Waals surface area contributed by atoms with Crippen LogP contribution in [0.25, 0.3) is 0 Å². The fourth-order valence-corrected chi connectivity index (χ4v) is 2.11. The second kappa shape index (κ2) is 3.58. The first-order chi connectivity index (χ1) is 5.93. The summed E-state index contributed by atoms with van der Waals surface area (Å²) in [6, 6.07) is 0. The fraction of sp³-hybridized carbons (Fsp3) is 1.00. The Balaban J connectivity index is 2.38. The van der Waals surface area contributed by atoms with Gasteiger partial charge >= 0.3 is 0 Å². The summed E-state index contributed by atoms with van der Waals surface area (Å²) < 4.78 is 5.32. The quantitative estimate of drug-likeness (QED) is 0.714. The molecule has 0 aromatic rings. The van der Waals surface area contributed by atoms with Crippen LogP contribution in [0.4, 0.5) is 0 Å². The summed E-state index contributed by atoms with van der Waals surface area (Å²) in [5.41, 5.74) is -0.604. The molecule has 2 unspecified atom stereocenters. The highest BCUT2D eigenvalue weighted by Crippen LogP contribution is 2.51. The van der Waals surface area contributed by atoms with Gasteiger partial charge in [0.1, 0.15) is 0 Å². The molecule has 0 bridgehead atoms. The van der Waals surface area contributed by atoms with Crippen molar-refractivity contribution in [2.75, 3.05) is 7.11 Å². The van der Waals surface area contributed by atoms with Gasteiger partial charge in [-0.25, -0.2) is 0 Å². The summed E-state index contributed by atoms with van der Waals surface area (Å²) in [4.78, 5) is 0. The minimum Gasteiger partial charge on any atom is -0.389 e. The van der Waals surface area contributed by atoms with Gasteiger partial charge in [0.15, 0.2) is 0 Å². The van der Waals surface area contributed by atoms with Crippen LogP contribution in [0.3, 0.4) is 0 Å². The van der Waals surface area contributed by atoms with Crippen molar-refractivity contribution in [2.24, 2.45) is 5.92 Å². The van der Waals surface area contributed by atoms with E-state index in [1.54, 1.807) is 7.11 Å². The molecule has 0 aliphatic heterocycles. The highest BCUT2D eigenvalue weighted by atomic mass is 16.5. The van der Waals surface area contributed by atoms with E-state index in [1.807, 2.05) is 13.8 Å². The number of hydrogen-bond donors (Lipinski definition) is 1. The average molecular weight is 186 g/mol. The number of hydrogen-bond acceptors (Lipinski definition) is 2. The summed E-state index contributed by atoms with van der Waals surface area (Å²) >= 11 is 0. The van der Waals surface area contributed by atoms with Crippen LogP contribution in [-0.4, -0.2) is 23.4 Å². The maximum absolute atomic E-state index is 10.1. The molecule has 1 N–H and O–H groups in total. The zero-order valence-corrected chi connectivity index (χ0v) is 9.26. The molecule has 0 spiro atoms. The minimum absolute atomic E-state index is 0.183. The molecule has 1 aliphatic rings. The van der Waals surface area contributed by atoms with E-state index in [9.17, 15) is 5.11 Å². The van der Waals surface area contributed by atoms with E-state index in [4.69, 9.17) is 4.74 Å². The third-order valence-electron chi connectivity index (χ3n) is 3.12. The lowest BCUT2D eigenvalue weighted by molar-refractivity contribution is -0.0327. The molecule has 78 valence electrons. The number of ether oxygens (including phenoxy) is 1. The molecule has 1 aliphatic carbocycles. The van der Waals surface area contributed by atoms with E-state index >= 15 is 0 Å². The van der Waals surface area contributed by atoms with Gasteiger partial charge < -0.3 is 9.84 Å². The van der Waals surface area contributed by atoms with Gasteiger partial charge in [0.05, 0.1) is 11.2 Å². The van der Waals surface area contributed by atoms with Crippen molar-refractivity contribution in [1.82, 2.24) is 0 Å². The first-order valence-electron chi connectivity index (χ1n) is 5.21. The summed E-state index contributed by atoms with van der Waals surface area (Å²) in [5.74, 6) is 0.520. The van der Waals surface area contributed by atoms with Crippen molar-refractivity contribution in [3.8, 4) is 0 Å². The lowest BCUT2D eigenvalue weighted by atomic mass is 9.97. The zero-order valence-electron chi connectivity index (χ0n) is 9.26. The molecule has 0 aromatic carbocycles. The number of aliphatic hydroxyl groups is 1. The van der Waals surface area contributed by atoms with Crippen LogP contribution in [0.2, 0.25) is 0 Å². The van der Waals surface area contributed by atoms with E-state index in [-0.39, 0.29) is 5.60 Å². The number of rotatable bonds is 5. The molecule has 0 saturated heterocycles. The van der Waals surface area contributed by atoms with Crippen LogP contribution in [0.5, 0.6) is 0 Å². The molecule has 0 aromatic heterocycles. The van der Waals surface area contributed by atoms with Crippen LogP contribution in [0.1, 0.15) is 46.5 Å². The highest BCUT2D eigenvalue weighted by Gasteiger charge is 2.54. The Hall–Kier alpha value is -0.0800. The first kappa shape index (κ1) is 11.0. The molecule has 13 heavy (non-hydrogen) atoms. The SMILES string of the molecule is CCCC1CC1(O)CC(C)(C)OC. The van der Waals surface area contributed by atoms with Crippen molar-refractivity contribution >= 4 is 0 Å². The van der Waals surface area contributed by atoms with Crippen LogP contribution in [-0.2, 0) is 4.74 Å². The largest absolute Gasteiger partial charge is 0.389 e. The molecule has 2 heteroatoms. The molecule has 2 atom stereocenters. The van der Waals surface area contributed by atoms with Gasteiger partial charge in [-0.3, -0.25) is 0 Å². The molecule has 1 fully saturated rings. The van der Waals surface area contributed by atoms with Gasteiger partial charge in [0.25, 0.3) is 0 Å². The molecule has 0 heterocycles. The summed E-state index contributed by atoms with van der Waals surface area (Å²) in [5, 5.41) is 10.1. The molecule has 1 rings (SSSR count). The maximum atomic E-state index is 10.1. The fourth-order valence-electron chi connectivity index (χ4n) is 2.11. The highest BCUT2D eigenvalue weighted by molar-refractivity contribution is 5.05. The third-order valence-corrected chi connectivity index (χ3v) is 3.12. The second-order valence-corrected chi connectivity index (χ2v) is 4.93. The Bertz CT molecular complexity index is 177. The summed E-state index contributed by atoms with van der Waals surface area (Å²) in [6.45, 7) is 6.23. The molecular weight excluding hydrogens is 164 g/mol. The minimum atomic E-state index is -0.421. The first-order valence-corrected chi connectivity index (χ1v) is 5.21. The topological polar surface area (TPSA) is 29.5 Å². The van der Waals surface area contributed by atoms with Crippen LogP contribution in [0, 0.1) is 5.92 Å². The van der Waals surface area contributed by atoms with E-state index in [0.29, 0.717) is 5.92 Å². The lowest BCUT2D eigenvalue weighted by Crippen LogP contribution is -2.31. The van der Waals surface area contributed by atoms with E-state index in [2.05, 4.69) is 6.92 Å². The van der Waals surface area contributed by atoms with Crippen molar-refractivity contribution in [3.63, 3.8) is 0 Å². The van der Waals surface area contributed by atoms with Crippen LogP contribution < -0.4 is 0 Å². The Morgan fingerprint density at radius 3 is 2.62 bits per heavy atom. The Morgan fingerprint density at radius 2 is 2.15 bits per heavy atom. The Morgan fingerprint density at radius 1 is 1.54 bits per heavy atom. The summed E-state index contributed by atoms with van der Waals surface area (Å²) in [7, 11) is 1.71. The van der Waals surface area contributed by atoms with Crippen molar-refractivity contribution in [1.29, 1.82) is 0 Å². The van der Waals surface area contributed by atoms with Crippen LogP contribution >= 0.6 is 0 Å². The lowest BCUT2D eigenvalue weighted by Gasteiger charge is -2.26. The normalized spacial score (nSPS) is 33.5. The molecular formula is C11H22O2. The van der Waals surface area contributed by atoms with Crippen molar-refractivity contribution in [3.05, 3.63) is 0 Å². The average Bonchev–Trinajstić information content (AvgIpc) is 2.61. The van der Waals surface area contributed by atoms with Gasteiger partial charge in [-0.1, -0.05) is 13.3 Å². The van der Waals surface area contributed by atoms with Crippen molar-refractivity contribution in [2.45, 2.75) is 57.7 Å². The predicted molar refractivity (Wildman–Crippen MR) is 53.7 cm³/mol. The molecule has 0 radical (unpaired) electrons. The number of methoxy groups -OCH3 is 1. The monoisotopic (exact) mass is 186 g/mol. The third kappa shape index (κ3) is 2.68. The molecule has 0 amide bonds. The van der Waals surface area contributed by atoms with Gasteiger partial charge in [0, 0.05) is 13.5 Å². The van der Waals surface area contributed by atoms with E-state index in [0.717, 1.165) is 19.3 Å². The predicted octanol–water partition coefficient (Wildman–Crippen LogP) is 2.35. The maximum Gasteiger partial charge on any atom is 0.0707 e. The zero-order chi connectivity index (χ0) is 10.1. The van der Waals surface area contributed by atoms with Crippen molar-refractivity contribution < 1.29 is 9.84 Å². The Kier molecular flexibility index (Phi) is 3.03. The smallest absolute Gasteiger partial charge is 0.0707 e. The van der Waals surface area contributed by atoms with Gasteiger partial charge in [-0.05, 0) is 32.6 Å².